The van der Waals surface area contributed by atoms with E-state index in [-0.39, 0.29) is 36.8 Å². The van der Waals surface area contributed by atoms with Crippen LogP contribution in [-0.4, -0.2) is 72.5 Å². The lowest BCUT2D eigenvalue weighted by Crippen LogP contribution is -2.47. The summed E-state index contributed by atoms with van der Waals surface area (Å²) in [5.41, 5.74) is 0.506. The fraction of sp³-hybridized carbons (Fsp3) is 0.333. The zero-order chi connectivity index (χ0) is 24.1. The van der Waals surface area contributed by atoms with E-state index in [1.807, 2.05) is 18.4 Å². The number of fused-ring (bicyclic) bond motifs is 2. The maximum Gasteiger partial charge on any atom is 0.329 e. The highest BCUT2D eigenvalue weighted by molar-refractivity contribution is 7.98. The van der Waals surface area contributed by atoms with E-state index in [4.69, 9.17) is 14.2 Å². The first-order valence-electron chi connectivity index (χ1n) is 10.8. The average molecular weight is 485 g/mol. The highest BCUT2D eigenvalue weighted by Crippen LogP contribution is 2.30. The lowest BCUT2D eigenvalue weighted by Gasteiger charge is -2.26. The first-order valence-corrected chi connectivity index (χ1v) is 12.2. The smallest absolute Gasteiger partial charge is 0.329 e. The van der Waals surface area contributed by atoms with Gasteiger partial charge in [0.2, 0.25) is 0 Å². The fourth-order valence-corrected chi connectivity index (χ4v) is 4.21. The third-order valence-corrected chi connectivity index (χ3v) is 6.09. The predicted molar refractivity (Wildman–Crippen MR) is 124 cm³/mol. The van der Waals surface area contributed by atoms with Gasteiger partial charge in [0.1, 0.15) is 18.8 Å². The van der Waals surface area contributed by atoms with E-state index in [2.05, 4.69) is 5.32 Å². The van der Waals surface area contributed by atoms with Crippen LogP contribution in [0, 0.1) is 0 Å². The number of nitrogens with zero attached hydrogens (tertiary/aromatic N) is 1. The van der Waals surface area contributed by atoms with Crippen molar-refractivity contribution >= 4 is 35.5 Å². The Hall–Kier alpha value is -3.53. The summed E-state index contributed by atoms with van der Waals surface area (Å²) in [6.07, 6.45) is 1.69. The Kier molecular flexibility index (Phi) is 7.36. The minimum atomic E-state index is -1.11. The normalized spacial score (nSPS) is 17.2. The number of para-hydroxylation sites is 2. The SMILES string of the molecule is CSCC[C@H](C(=O)OCC(=O)NC[C@@H]1COc2ccccc2O1)N1C(=O)c2ccccc2C1=O. The monoisotopic (exact) mass is 484 g/mol. The Bertz CT molecular complexity index is 1070. The highest BCUT2D eigenvalue weighted by Gasteiger charge is 2.43. The molecule has 2 aromatic rings. The number of nitrogens with one attached hydrogen (secondary N) is 1. The van der Waals surface area contributed by atoms with E-state index in [0.29, 0.717) is 17.3 Å². The van der Waals surface area contributed by atoms with Gasteiger partial charge in [0.25, 0.3) is 17.7 Å². The van der Waals surface area contributed by atoms with Gasteiger partial charge in [0.15, 0.2) is 18.1 Å². The number of amides is 3. The van der Waals surface area contributed by atoms with Crippen molar-refractivity contribution in [3.05, 3.63) is 59.7 Å². The van der Waals surface area contributed by atoms with Gasteiger partial charge in [-0.25, -0.2) is 4.79 Å². The molecule has 0 unspecified atom stereocenters. The van der Waals surface area contributed by atoms with Crippen molar-refractivity contribution in [1.82, 2.24) is 10.2 Å². The van der Waals surface area contributed by atoms with Crippen LogP contribution in [-0.2, 0) is 14.3 Å². The zero-order valence-corrected chi connectivity index (χ0v) is 19.3. The average Bonchev–Trinajstić information content (AvgIpc) is 3.11. The van der Waals surface area contributed by atoms with E-state index in [9.17, 15) is 19.2 Å². The number of imide groups is 1. The van der Waals surface area contributed by atoms with Crippen LogP contribution in [0.3, 0.4) is 0 Å². The predicted octanol–water partition coefficient (Wildman–Crippen LogP) is 1.90. The van der Waals surface area contributed by atoms with Gasteiger partial charge in [-0.15, -0.1) is 0 Å². The van der Waals surface area contributed by atoms with Crippen LogP contribution in [0.15, 0.2) is 48.5 Å². The van der Waals surface area contributed by atoms with Gasteiger partial charge >= 0.3 is 5.97 Å². The van der Waals surface area contributed by atoms with Crippen LogP contribution in [0.5, 0.6) is 11.5 Å². The van der Waals surface area contributed by atoms with Crippen LogP contribution in [0.25, 0.3) is 0 Å². The Labute approximate surface area is 200 Å². The summed E-state index contributed by atoms with van der Waals surface area (Å²) < 4.78 is 16.6. The number of esters is 1. The van der Waals surface area contributed by atoms with Crippen molar-refractivity contribution in [3.8, 4) is 11.5 Å². The molecular weight excluding hydrogens is 460 g/mol. The van der Waals surface area contributed by atoms with Crippen LogP contribution < -0.4 is 14.8 Å². The summed E-state index contributed by atoms with van der Waals surface area (Å²) in [5, 5.41) is 2.65. The van der Waals surface area contributed by atoms with Gasteiger partial charge in [-0.05, 0) is 42.7 Å². The molecule has 0 aliphatic carbocycles. The molecule has 0 radical (unpaired) electrons. The minimum Gasteiger partial charge on any atom is -0.486 e. The largest absolute Gasteiger partial charge is 0.486 e. The molecule has 2 heterocycles. The van der Waals surface area contributed by atoms with E-state index in [1.54, 1.807) is 36.4 Å². The Balaban J connectivity index is 1.31. The van der Waals surface area contributed by atoms with Gasteiger partial charge in [-0.1, -0.05) is 24.3 Å². The minimum absolute atomic E-state index is 0.166. The number of thioether (sulfide) groups is 1. The van der Waals surface area contributed by atoms with Gasteiger partial charge in [0.05, 0.1) is 17.7 Å². The highest BCUT2D eigenvalue weighted by atomic mass is 32.2. The molecule has 34 heavy (non-hydrogen) atoms. The molecule has 2 aromatic carbocycles. The van der Waals surface area contributed by atoms with Crippen LogP contribution in [0.4, 0.5) is 0 Å². The zero-order valence-electron chi connectivity index (χ0n) is 18.5. The number of hydrogen-bond donors (Lipinski definition) is 1. The second-order valence-electron chi connectivity index (χ2n) is 7.73. The molecule has 2 aliphatic heterocycles. The third-order valence-electron chi connectivity index (χ3n) is 5.44. The first kappa shape index (κ1) is 23.6. The molecule has 10 heteroatoms. The molecule has 0 saturated heterocycles. The molecule has 0 saturated carbocycles. The van der Waals surface area contributed by atoms with Crippen molar-refractivity contribution in [1.29, 1.82) is 0 Å². The van der Waals surface area contributed by atoms with Crippen LogP contribution >= 0.6 is 11.8 Å². The Morgan fingerprint density at radius 3 is 2.41 bits per heavy atom. The lowest BCUT2D eigenvalue weighted by atomic mass is 10.1. The number of ether oxygens (including phenoxy) is 3. The molecule has 0 aromatic heterocycles. The first-order chi connectivity index (χ1) is 16.5. The molecule has 0 spiro atoms. The van der Waals surface area contributed by atoms with E-state index >= 15 is 0 Å². The molecule has 2 aliphatic rings. The van der Waals surface area contributed by atoms with Crippen molar-refractivity contribution in [2.45, 2.75) is 18.6 Å². The van der Waals surface area contributed by atoms with Gasteiger partial charge in [0, 0.05) is 0 Å². The Morgan fingerprint density at radius 1 is 1.09 bits per heavy atom. The molecule has 2 atom stereocenters. The maximum atomic E-state index is 12.8. The van der Waals surface area contributed by atoms with E-state index in [1.165, 1.54) is 11.8 Å². The second-order valence-corrected chi connectivity index (χ2v) is 8.72. The number of carbonyl (C=O) groups is 4. The van der Waals surface area contributed by atoms with Gasteiger partial charge < -0.3 is 19.5 Å². The fourth-order valence-electron chi connectivity index (χ4n) is 3.75. The molecule has 3 amide bonds. The van der Waals surface area contributed by atoms with Crippen LogP contribution in [0.2, 0.25) is 0 Å². The molecule has 1 N–H and O–H groups in total. The molecule has 9 nitrogen and oxygen atoms in total. The molecule has 4 rings (SSSR count). The van der Waals surface area contributed by atoms with Gasteiger partial charge in [-0.2, -0.15) is 11.8 Å². The topological polar surface area (TPSA) is 111 Å². The summed E-state index contributed by atoms with van der Waals surface area (Å²) in [6, 6.07) is 12.5. The summed E-state index contributed by atoms with van der Waals surface area (Å²) in [4.78, 5) is 51.6. The lowest BCUT2D eigenvalue weighted by molar-refractivity contribution is -0.152. The van der Waals surface area contributed by atoms with Crippen molar-refractivity contribution in [2.24, 2.45) is 0 Å². The third kappa shape index (κ3) is 5.01. The second kappa shape index (κ2) is 10.6. The van der Waals surface area contributed by atoms with Crippen molar-refractivity contribution < 1.29 is 33.4 Å². The number of benzene rings is 2. The number of hydrogen-bond acceptors (Lipinski definition) is 8. The van der Waals surface area contributed by atoms with Crippen LogP contribution in [0.1, 0.15) is 27.1 Å². The number of rotatable bonds is 9. The molecule has 178 valence electrons. The van der Waals surface area contributed by atoms with Gasteiger partial charge in [-0.3, -0.25) is 19.3 Å². The summed E-state index contributed by atoms with van der Waals surface area (Å²) in [5.74, 6) is -0.641. The summed E-state index contributed by atoms with van der Waals surface area (Å²) in [7, 11) is 0. The molecular formula is C24H24N2O7S. The summed E-state index contributed by atoms with van der Waals surface area (Å²) in [6.45, 7) is -0.103. The Morgan fingerprint density at radius 2 is 1.74 bits per heavy atom. The standard InChI is InChI=1S/C24H24N2O7S/c1-34-11-10-18(26-22(28)16-6-2-3-7-17(16)23(26)29)24(30)32-14-21(27)25-12-15-13-31-19-8-4-5-9-20(19)33-15/h2-9,15,18H,10-14H2,1H3,(H,25,27)/t15-,18-/m1/s1. The number of carbonyl (C=O) groups excluding carboxylic acids is 4. The summed E-state index contributed by atoms with van der Waals surface area (Å²) >= 11 is 1.47. The quantitative estimate of drug-likeness (QED) is 0.424. The van der Waals surface area contributed by atoms with Crippen molar-refractivity contribution in [2.75, 3.05) is 31.8 Å². The van der Waals surface area contributed by atoms with E-state index in [0.717, 1.165) is 4.90 Å². The van der Waals surface area contributed by atoms with Crippen molar-refractivity contribution in [3.63, 3.8) is 0 Å². The maximum absolute atomic E-state index is 12.8. The van der Waals surface area contributed by atoms with E-state index < -0.39 is 36.3 Å². The molecule has 0 fully saturated rings. The molecule has 0 bridgehead atoms.